The lowest BCUT2D eigenvalue weighted by Crippen LogP contribution is -2.42. The number of rotatable bonds is 3. The maximum absolute atomic E-state index is 11.9. The van der Waals surface area contributed by atoms with Crippen LogP contribution in [0.3, 0.4) is 0 Å². The Morgan fingerprint density at radius 1 is 1.26 bits per heavy atom. The van der Waals surface area contributed by atoms with Crippen LogP contribution in [-0.4, -0.2) is 69.5 Å². The van der Waals surface area contributed by atoms with Crippen LogP contribution in [0.4, 0.5) is 0 Å². The molecule has 3 unspecified atom stereocenters. The molecule has 6 nitrogen and oxygen atoms in total. The molecule has 3 saturated heterocycles. The van der Waals surface area contributed by atoms with E-state index >= 15 is 0 Å². The first kappa shape index (κ1) is 13.3. The highest BCUT2D eigenvalue weighted by Crippen LogP contribution is 2.25. The second-order valence-corrected chi connectivity index (χ2v) is 8.27. The molecule has 0 aromatic carbocycles. The number of likely N-dealkylation sites (tertiary alicyclic amines) is 1. The zero-order chi connectivity index (χ0) is 13.5. The molecular weight excluding hydrogens is 266 g/mol. The molecule has 0 radical (unpaired) electrons. The Morgan fingerprint density at radius 2 is 1.95 bits per heavy atom. The normalized spacial score (nSPS) is 37.4. The molecule has 7 heteroatoms. The minimum absolute atomic E-state index is 0.0324. The van der Waals surface area contributed by atoms with Crippen molar-refractivity contribution in [1.82, 2.24) is 15.5 Å². The molecule has 3 aliphatic rings. The summed E-state index contributed by atoms with van der Waals surface area (Å²) in [6.07, 6.45) is 0.559. The van der Waals surface area contributed by atoms with E-state index < -0.39 is 9.84 Å². The fourth-order valence-electron chi connectivity index (χ4n) is 3.47. The van der Waals surface area contributed by atoms with Crippen molar-refractivity contribution in [3.05, 3.63) is 0 Å². The van der Waals surface area contributed by atoms with Gasteiger partial charge in [-0.05, 0) is 31.3 Å². The average molecular weight is 287 g/mol. The van der Waals surface area contributed by atoms with E-state index in [-0.39, 0.29) is 23.5 Å². The maximum Gasteiger partial charge on any atom is 0.234 e. The van der Waals surface area contributed by atoms with Crippen molar-refractivity contribution in [2.75, 3.05) is 44.2 Å². The SMILES string of the molecule is O=C(CN1CC2CNCC2C1)NC1CCS(=O)(=O)C1. The van der Waals surface area contributed by atoms with Gasteiger partial charge in [-0.25, -0.2) is 8.42 Å². The number of nitrogens with one attached hydrogen (secondary N) is 2. The molecule has 0 aromatic heterocycles. The Labute approximate surface area is 113 Å². The van der Waals surface area contributed by atoms with Crippen molar-refractivity contribution >= 4 is 15.7 Å². The predicted molar refractivity (Wildman–Crippen MR) is 71.5 cm³/mol. The van der Waals surface area contributed by atoms with Crippen molar-refractivity contribution in [2.24, 2.45) is 11.8 Å². The highest BCUT2D eigenvalue weighted by Gasteiger charge is 2.37. The first-order chi connectivity index (χ1) is 9.02. The number of fused-ring (bicyclic) bond motifs is 1. The number of sulfone groups is 1. The Bertz CT molecular complexity index is 453. The highest BCUT2D eigenvalue weighted by atomic mass is 32.2. The highest BCUT2D eigenvalue weighted by molar-refractivity contribution is 7.91. The summed E-state index contributed by atoms with van der Waals surface area (Å²) in [6.45, 7) is 4.49. The van der Waals surface area contributed by atoms with Gasteiger partial charge in [0.05, 0.1) is 18.1 Å². The van der Waals surface area contributed by atoms with E-state index in [0.717, 1.165) is 26.2 Å². The van der Waals surface area contributed by atoms with Crippen LogP contribution in [-0.2, 0) is 14.6 Å². The summed E-state index contributed by atoms with van der Waals surface area (Å²) in [7, 11) is -2.92. The van der Waals surface area contributed by atoms with Gasteiger partial charge in [-0.1, -0.05) is 0 Å². The standard InChI is InChI=1S/C12H21N3O3S/c16-12(14-11-1-2-19(17,18)8-11)7-15-5-9-3-13-4-10(9)6-15/h9-11,13H,1-8H2,(H,14,16). The van der Waals surface area contributed by atoms with Crippen molar-refractivity contribution < 1.29 is 13.2 Å². The molecule has 3 aliphatic heterocycles. The summed E-state index contributed by atoms with van der Waals surface area (Å²) in [4.78, 5) is 14.1. The molecule has 3 rings (SSSR count). The fraction of sp³-hybridized carbons (Fsp3) is 0.917. The molecule has 0 aromatic rings. The minimum atomic E-state index is -2.92. The third-order valence-electron chi connectivity index (χ3n) is 4.43. The van der Waals surface area contributed by atoms with Crippen molar-refractivity contribution in [2.45, 2.75) is 12.5 Å². The number of hydrogen-bond donors (Lipinski definition) is 2. The van der Waals surface area contributed by atoms with Gasteiger partial charge < -0.3 is 10.6 Å². The second kappa shape index (κ2) is 5.03. The lowest BCUT2D eigenvalue weighted by molar-refractivity contribution is -0.122. The van der Waals surface area contributed by atoms with Crippen molar-refractivity contribution in [3.8, 4) is 0 Å². The van der Waals surface area contributed by atoms with E-state index in [1.165, 1.54) is 0 Å². The molecule has 3 atom stereocenters. The van der Waals surface area contributed by atoms with Gasteiger partial charge in [0.2, 0.25) is 5.91 Å². The van der Waals surface area contributed by atoms with Gasteiger partial charge in [0.25, 0.3) is 0 Å². The lowest BCUT2D eigenvalue weighted by Gasteiger charge is -2.18. The van der Waals surface area contributed by atoms with Gasteiger partial charge in [-0.2, -0.15) is 0 Å². The summed E-state index contributed by atoms with van der Waals surface area (Å²) in [6, 6.07) is -0.179. The maximum atomic E-state index is 11.9. The first-order valence-corrected chi connectivity index (χ1v) is 8.77. The van der Waals surface area contributed by atoms with E-state index in [2.05, 4.69) is 15.5 Å². The molecule has 2 N–H and O–H groups in total. The lowest BCUT2D eigenvalue weighted by atomic mass is 10.0. The summed E-state index contributed by atoms with van der Waals surface area (Å²) >= 11 is 0. The van der Waals surface area contributed by atoms with Crippen molar-refractivity contribution in [3.63, 3.8) is 0 Å². The third kappa shape index (κ3) is 3.09. The molecule has 3 heterocycles. The van der Waals surface area contributed by atoms with Gasteiger partial charge in [0.1, 0.15) is 0 Å². The largest absolute Gasteiger partial charge is 0.351 e. The van der Waals surface area contributed by atoms with Gasteiger partial charge in [0.15, 0.2) is 9.84 Å². The zero-order valence-electron chi connectivity index (χ0n) is 11.0. The van der Waals surface area contributed by atoms with Crippen LogP contribution in [0.25, 0.3) is 0 Å². The van der Waals surface area contributed by atoms with Crippen LogP contribution in [0.1, 0.15) is 6.42 Å². The molecule has 0 bridgehead atoms. The monoisotopic (exact) mass is 287 g/mol. The van der Waals surface area contributed by atoms with E-state index in [0.29, 0.717) is 24.8 Å². The van der Waals surface area contributed by atoms with Gasteiger partial charge in [-0.3, -0.25) is 9.69 Å². The topological polar surface area (TPSA) is 78.5 Å². The molecule has 19 heavy (non-hydrogen) atoms. The first-order valence-electron chi connectivity index (χ1n) is 6.95. The number of carbonyl (C=O) groups is 1. The van der Waals surface area contributed by atoms with Gasteiger partial charge in [0, 0.05) is 19.1 Å². The van der Waals surface area contributed by atoms with Crippen molar-refractivity contribution in [1.29, 1.82) is 0 Å². The number of amides is 1. The predicted octanol–water partition coefficient (Wildman–Crippen LogP) is -1.56. The molecule has 108 valence electrons. The summed E-state index contributed by atoms with van der Waals surface area (Å²) in [5, 5.41) is 6.22. The average Bonchev–Trinajstić information content (AvgIpc) is 2.93. The summed E-state index contributed by atoms with van der Waals surface area (Å²) in [5.41, 5.74) is 0. The Balaban J connectivity index is 1.45. The number of carbonyl (C=O) groups excluding carboxylic acids is 1. The number of nitrogens with zero attached hydrogens (tertiary/aromatic N) is 1. The Hall–Kier alpha value is -0.660. The van der Waals surface area contributed by atoms with Crippen LogP contribution in [0.5, 0.6) is 0 Å². The molecule has 0 saturated carbocycles. The van der Waals surface area contributed by atoms with Crippen LogP contribution < -0.4 is 10.6 Å². The second-order valence-electron chi connectivity index (χ2n) is 6.04. The molecule has 3 fully saturated rings. The summed E-state index contributed by atoms with van der Waals surface area (Å²) in [5.74, 6) is 1.64. The third-order valence-corrected chi connectivity index (χ3v) is 6.20. The van der Waals surface area contributed by atoms with E-state index in [9.17, 15) is 13.2 Å². The van der Waals surface area contributed by atoms with E-state index in [1.807, 2.05) is 0 Å². The Kier molecular flexibility index (Phi) is 3.53. The zero-order valence-corrected chi connectivity index (χ0v) is 11.8. The minimum Gasteiger partial charge on any atom is -0.351 e. The van der Waals surface area contributed by atoms with Crippen LogP contribution in [0.15, 0.2) is 0 Å². The van der Waals surface area contributed by atoms with Crippen LogP contribution in [0, 0.1) is 11.8 Å². The molecular formula is C12H21N3O3S. The van der Waals surface area contributed by atoms with Gasteiger partial charge in [-0.15, -0.1) is 0 Å². The fourth-order valence-corrected chi connectivity index (χ4v) is 5.14. The quantitative estimate of drug-likeness (QED) is 0.656. The molecule has 0 aliphatic carbocycles. The number of hydrogen-bond acceptors (Lipinski definition) is 5. The van der Waals surface area contributed by atoms with Crippen LogP contribution >= 0.6 is 0 Å². The molecule has 0 spiro atoms. The smallest absolute Gasteiger partial charge is 0.234 e. The summed E-state index contributed by atoms with van der Waals surface area (Å²) < 4.78 is 22.7. The Morgan fingerprint density at radius 3 is 2.53 bits per heavy atom. The van der Waals surface area contributed by atoms with Crippen LogP contribution in [0.2, 0.25) is 0 Å². The van der Waals surface area contributed by atoms with E-state index in [4.69, 9.17) is 0 Å². The van der Waals surface area contributed by atoms with E-state index in [1.54, 1.807) is 0 Å². The van der Waals surface area contributed by atoms with Gasteiger partial charge >= 0.3 is 0 Å². The molecule has 1 amide bonds.